The summed E-state index contributed by atoms with van der Waals surface area (Å²) in [4.78, 5) is 2.35. The summed E-state index contributed by atoms with van der Waals surface area (Å²) in [5.41, 5.74) is 8.33. The van der Waals surface area contributed by atoms with Crippen LogP contribution >= 0.6 is 0 Å². The molecule has 0 aliphatic rings. The van der Waals surface area contributed by atoms with Gasteiger partial charge < -0.3 is 10.6 Å². The van der Waals surface area contributed by atoms with Gasteiger partial charge in [-0.15, -0.1) is 0 Å². The van der Waals surface area contributed by atoms with Crippen LogP contribution in [0.25, 0.3) is 0 Å². The van der Waals surface area contributed by atoms with Crippen LogP contribution in [0, 0.1) is 0 Å². The van der Waals surface area contributed by atoms with Gasteiger partial charge in [-0.3, -0.25) is 0 Å². The van der Waals surface area contributed by atoms with Gasteiger partial charge in [0.25, 0.3) is 0 Å². The Morgan fingerprint density at radius 3 is 2.15 bits per heavy atom. The zero-order valence-corrected chi connectivity index (χ0v) is 13.4. The fraction of sp³-hybridized carbons (Fsp3) is 0.667. The van der Waals surface area contributed by atoms with Crippen LogP contribution in [0.2, 0.25) is 0 Å². The van der Waals surface area contributed by atoms with Crippen molar-refractivity contribution in [2.75, 3.05) is 18.5 Å². The van der Waals surface area contributed by atoms with Crippen LogP contribution in [-0.4, -0.2) is 13.6 Å². The molecule has 2 heteroatoms. The lowest BCUT2D eigenvalue weighted by atomic mass is 10.1. The molecular weight excluding hydrogens is 244 g/mol. The lowest BCUT2D eigenvalue weighted by Gasteiger charge is -2.22. The molecule has 0 spiro atoms. The highest BCUT2D eigenvalue weighted by atomic mass is 15.1. The maximum Gasteiger partial charge on any atom is 0.0409 e. The third-order valence-electron chi connectivity index (χ3n) is 3.97. The van der Waals surface area contributed by atoms with Crippen molar-refractivity contribution >= 4 is 5.69 Å². The first kappa shape index (κ1) is 17.0. The summed E-state index contributed by atoms with van der Waals surface area (Å²) in [7, 11) is 2.18. The van der Waals surface area contributed by atoms with E-state index < -0.39 is 0 Å². The molecule has 0 heterocycles. The standard InChI is InChI=1S/C18H32N2/c1-3-4-5-6-7-8-9-12-15-20(2)18-14-11-10-13-17(18)16-19/h10-11,13-14H,3-9,12,15-16,19H2,1-2H3. The van der Waals surface area contributed by atoms with E-state index in [1.54, 1.807) is 0 Å². The zero-order chi connectivity index (χ0) is 14.6. The fourth-order valence-corrected chi connectivity index (χ4v) is 2.66. The van der Waals surface area contributed by atoms with Crippen molar-refractivity contribution in [2.45, 2.75) is 64.8 Å². The molecule has 0 unspecified atom stereocenters. The Balaban J connectivity index is 2.15. The van der Waals surface area contributed by atoms with E-state index in [9.17, 15) is 0 Å². The highest BCUT2D eigenvalue weighted by Crippen LogP contribution is 2.19. The summed E-state index contributed by atoms with van der Waals surface area (Å²) < 4.78 is 0. The van der Waals surface area contributed by atoms with E-state index in [1.165, 1.54) is 62.6 Å². The largest absolute Gasteiger partial charge is 0.374 e. The van der Waals surface area contributed by atoms with Crippen LogP contribution in [0.4, 0.5) is 5.69 Å². The van der Waals surface area contributed by atoms with Crippen molar-refractivity contribution in [3.63, 3.8) is 0 Å². The van der Waals surface area contributed by atoms with Gasteiger partial charge in [-0.2, -0.15) is 0 Å². The van der Waals surface area contributed by atoms with E-state index in [4.69, 9.17) is 5.73 Å². The van der Waals surface area contributed by atoms with Crippen LogP contribution in [-0.2, 0) is 6.54 Å². The Morgan fingerprint density at radius 1 is 0.900 bits per heavy atom. The van der Waals surface area contributed by atoms with Gasteiger partial charge in [-0.05, 0) is 18.1 Å². The minimum Gasteiger partial charge on any atom is -0.374 e. The second-order valence-electron chi connectivity index (χ2n) is 5.73. The molecular formula is C18H32N2. The van der Waals surface area contributed by atoms with E-state index in [2.05, 4.69) is 43.1 Å². The third-order valence-corrected chi connectivity index (χ3v) is 3.97. The van der Waals surface area contributed by atoms with Gasteiger partial charge in [-0.25, -0.2) is 0 Å². The Bertz CT molecular complexity index is 349. The fourth-order valence-electron chi connectivity index (χ4n) is 2.66. The number of unbranched alkanes of at least 4 members (excludes halogenated alkanes) is 7. The number of hydrogen-bond acceptors (Lipinski definition) is 2. The maximum atomic E-state index is 5.80. The predicted octanol–water partition coefficient (Wildman–Crippen LogP) is 4.72. The van der Waals surface area contributed by atoms with Crippen molar-refractivity contribution in [2.24, 2.45) is 5.73 Å². The average molecular weight is 276 g/mol. The SMILES string of the molecule is CCCCCCCCCCN(C)c1ccccc1CN. The molecule has 0 radical (unpaired) electrons. The number of para-hydroxylation sites is 1. The van der Waals surface area contributed by atoms with Crippen molar-refractivity contribution in [3.05, 3.63) is 29.8 Å². The summed E-state index contributed by atoms with van der Waals surface area (Å²) >= 11 is 0. The topological polar surface area (TPSA) is 29.3 Å². The normalized spacial score (nSPS) is 10.8. The van der Waals surface area contributed by atoms with Gasteiger partial charge in [-0.1, -0.05) is 70.1 Å². The van der Waals surface area contributed by atoms with Crippen molar-refractivity contribution in [1.29, 1.82) is 0 Å². The lowest BCUT2D eigenvalue weighted by molar-refractivity contribution is 0.575. The molecule has 0 bridgehead atoms. The van der Waals surface area contributed by atoms with Gasteiger partial charge in [0.05, 0.1) is 0 Å². The third kappa shape index (κ3) is 6.42. The predicted molar refractivity (Wildman–Crippen MR) is 90.2 cm³/mol. The Labute approximate surface area is 125 Å². The molecule has 0 saturated carbocycles. The summed E-state index contributed by atoms with van der Waals surface area (Å²) in [6.07, 6.45) is 11.0. The molecule has 1 aromatic rings. The molecule has 0 saturated heterocycles. The molecule has 2 nitrogen and oxygen atoms in total. The Hall–Kier alpha value is -1.02. The molecule has 0 aliphatic carbocycles. The average Bonchev–Trinajstić information content (AvgIpc) is 2.49. The first-order chi connectivity index (χ1) is 9.79. The smallest absolute Gasteiger partial charge is 0.0409 e. The van der Waals surface area contributed by atoms with E-state index in [0.29, 0.717) is 6.54 Å². The highest BCUT2D eigenvalue weighted by Gasteiger charge is 2.04. The van der Waals surface area contributed by atoms with Gasteiger partial charge in [0.15, 0.2) is 0 Å². The van der Waals surface area contributed by atoms with E-state index in [-0.39, 0.29) is 0 Å². The van der Waals surface area contributed by atoms with E-state index in [1.807, 2.05) is 0 Å². The van der Waals surface area contributed by atoms with Crippen molar-refractivity contribution < 1.29 is 0 Å². The van der Waals surface area contributed by atoms with E-state index >= 15 is 0 Å². The number of anilines is 1. The first-order valence-electron chi connectivity index (χ1n) is 8.28. The maximum absolute atomic E-state index is 5.80. The molecule has 0 aliphatic heterocycles. The highest BCUT2D eigenvalue weighted by molar-refractivity contribution is 5.52. The van der Waals surface area contributed by atoms with Crippen LogP contribution in [0.1, 0.15) is 63.9 Å². The molecule has 0 aromatic heterocycles. The molecule has 0 fully saturated rings. The monoisotopic (exact) mass is 276 g/mol. The summed E-state index contributed by atoms with van der Waals surface area (Å²) in [5.74, 6) is 0. The Kier molecular flexibility index (Phi) is 9.14. The summed E-state index contributed by atoms with van der Waals surface area (Å²) in [6.45, 7) is 4.03. The number of benzene rings is 1. The zero-order valence-electron chi connectivity index (χ0n) is 13.4. The quantitative estimate of drug-likeness (QED) is 0.592. The van der Waals surface area contributed by atoms with Gasteiger partial charge in [0.2, 0.25) is 0 Å². The molecule has 2 N–H and O–H groups in total. The van der Waals surface area contributed by atoms with Crippen molar-refractivity contribution in [3.8, 4) is 0 Å². The van der Waals surface area contributed by atoms with Crippen LogP contribution in [0.5, 0.6) is 0 Å². The van der Waals surface area contributed by atoms with Gasteiger partial charge >= 0.3 is 0 Å². The Morgan fingerprint density at radius 2 is 1.50 bits per heavy atom. The first-order valence-corrected chi connectivity index (χ1v) is 8.28. The van der Waals surface area contributed by atoms with Crippen LogP contribution in [0.3, 0.4) is 0 Å². The lowest BCUT2D eigenvalue weighted by Crippen LogP contribution is -2.20. The number of hydrogen-bond donors (Lipinski definition) is 1. The van der Waals surface area contributed by atoms with Gasteiger partial charge in [0.1, 0.15) is 0 Å². The van der Waals surface area contributed by atoms with Gasteiger partial charge in [0, 0.05) is 25.8 Å². The van der Waals surface area contributed by atoms with Crippen molar-refractivity contribution in [1.82, 2.24) is 0 Å². The molecule has 0 atom stereocenters. The van der Waals surface area contributed by atoms with Crippen LogP contribution in [0.15, 0.2) is 24.3 Å². The molecule has 1 aromatic carbocycles. The summed E-state index contributed by atoms with van der Waals surface area (Å²) in [6, 6.07) is 8.46. The summed E-state index contributed by atoms with van der Waals surface area (Å²) in [5, 5.41) is 0. The van der Waals surface area contributed by atoms with E-state index in [0.717, 1.165) is 6.54 Å². The number of nitrogens with zero attached hydrogens (tertiary/aromatic N) is 1. The second kappa shape index (κ2) is 10.7. The molecule has 1 rings (SSSR count). The number of rotatable bonds is 11. The number of nitrogens with two attached hydrogens (primary N) is 1. The molecule has 20 heavy (non-hydrogen) atoms. The molecule has 114 valence electrons. The molecule has 0 amide bonds. The van der Waals surface area contributed by atoms with Crippen LogP contribution < -0.4 is 10.6 Å². The minimum absolute atomic E-state index is 0.623. The minimum atomic E-state index is 0.623. The second-order valence-corrected chi connectivity index (χ2v) is 5.73.